The molecule has 0 spiro atoms. The van der Waals surface area contributed by atoms with Crippen molar-refractivity contribution in [2.24, 2.45) is 0 Å². The molecule has 5 heteroatoms. The van der Waals surface area contributed by atoms with Crippen LogP contribution in [0.2, 0.25) is 0 Å². The van der Waals surface area contributed by atoms with Gasteiger partial charge in [-0.1, -0.05) is 12.1 Å². The van der Waals surface area contributed by atoms with Crippen molar-refractivity contribution in [2.45, 2.75) is 6.92 Å². The molecule has 4 nitrogen and oxygen atoms in total. The molecule has 2 aromatic carbocycles. The van der Waals surface area contributed by atoms with Gasteiger partial charge < -0.3 is 0 Å². The van der Waals surface area contributed by atoms with Crippen molar-refractivity contribution in [1.82, 2.24) is 9.97 Å². The molecule has 102 valence electrons. The first kappa shape index (κ1) is 12.4. The van der Waals surface area contributed by atoms with Crippen LogP contribution in [0.5, 0.6) is 0 Å². The largest absolute Gasteiger partial charge is 0.232 e. The summed E-state index contributed by atoms with van der Waals surface area (Å²) in [5, 5.41) is 19.5. The summed E-state index contributed by atoms with van der Waals surface area (Å²) < 4.78 is 14.2. The Morgan fingerprint density at radius 1 is 0.864 bits per heavy atom. The first-order valence-corrected chi connectivity index (χ1v) is 6.60. The van der Waals surface area contributed by atoms with Crippen molar-refractivity contribution in [2.75, 3.05) is 0 Å². The van der Waals surface area contributed by atoms with Crippen molar-refractivity contribution in [3.8, 4) is 34.7 Å². The molecular formula is C17H7FN4. The predicted octanol–water partition coefficient (Wildman–Crippen LogP) is 3.47. The van der Waals surface area contributed by atoms with Crippen molar-refractivity contribution in [3.05, 3.63) is 47.0 Å². The Balaban J connectivity index is 2.22. The van der Waals surface area contributed by atoms with E-state index >= 15 is 0 Å². The van der Waals surface area contributed by atoms with Gasteiger partial charge in [0.1, 0.15) is 18.0 Å². The Morgan fingerprint density at radius 2 is 1.41 bits per heavy atom. The third-order valence-electron chi connectivity index (χ3n) is 3.94. The molecule has 0 fully saturated rings. The lowest BCUT2D eigenvalue weighted by Crippen LogP contribution is -1.97. The normalized spacial score (nSPS) is 11.1. The lowest BCUT2D eigenvalue weighted by Gasteiger charge is -2.05. The SMILES string of the molecule is Cc1ccc2c3c(ccc(F)c13)-c1nc(C#N)c(C#N)nc1-2. The van der Waals surface area contributed by atoms with Gasteiger partial charge in [-0.3, -0.25) is 0 Å². The van der Waals surface area contributed by atoms with Gasteiger partial charge in [-0.25, -0.2) is 14.4 Å². The molecule has 0 atom stereocenters. The number of aryl methyl sites for hydroxylation is 1. The van der Waals surface area contributed by atoms with E-state index in [1.54, 1.807) is 6.07 Å². The molecule has 0 unspecified atom stereocenters. The topological polar surface area (TPSA) is 73.4 Å². The minimum absolute atomic E-state index is 0.0109. The van der Waals surface area contributed by atoms with Crippen LogP contribution in [0, 0.1) is 35.4 Å². The smallest absolute Gasteiger partial charge is 0.177 e. The summed E-state index contributed by atoms with van der Waals surface area (Å²) in [6.07, 6.45) is 0. The molecule has 4 rings (SSSR count). The highest BCUT2D eigenvalue weighted by Gasteiger charge is 2.27. The lowest BCUT2D eigenvalue weighted by atomic mass is 9.99. The van der Waals surface area contributed by atoms with Gasteiger partial charge in [0.25, 0.3) is 0 Å². The van der Waals surface area contributed by atoms with Crippen LogP contribution in [0.1, 0.15) is 17.0 Å². The fourth-order valence-corrected chi connectivity index (χ4v) is 2.98. The zero-order chi connectivity index (χ0) is 15.4. The number of nitrogens with zero attached hydrogens (tertiary/aromatic N) is 4. The van der Waals surface area contributed by atoms with Gasteiger partial charge >= 0.3 is 0 Å². The van der Waals surface area contributed by atoms with E-state index in [4.69, 9.17) is 10.5 Å². The summed E-state index contributed by atoms with van der Waals surface area (Å²) in [6, 6.07) is 10.5. The van der Waals surface area contributed by atoms with E-state index in [2.05, 4.69) is 9.97 Å². The summed E-state index contributed by atoms with van der Waals surface area (Å²) in [6.45, 7) is 1.84. The van der Waals surface area contributed by atoms with Crippen LogP contribution >= 0.6 is 0 Å². The number of rotatable bonds is 0. The summed E-state index contributed by atoms with van der Waals surface area (Å²) in [4.78, 5) is 8.55. The number of hydrogen-bond donors (Lipinski definition) is 0. The Bertz CT molecular complexity index is 989. The molecule has 0 amide bonds. The number of nitriles is 2. The molecule has 0 aliphatic heterocycles. The Morgan fingerprint density at radius 3 is 1.95 bits per heavy atom. The number of aromatic nitrogens is 2. The first-order chi connectivity index (χ1) is 10.7. The third-order valence-corrected chi connectivity index (χ3v) is 3.94. The summed E-state index contributed by atoms with van der Waals surface area (Å²) in [5.74, 6) is -0.299. The first-order valence-electron chi connectivity index (χ1n) is 6.60. The van der Waals surface area contributed by atoms with Gasteiger partial charge in [0.2, 0.25) is 0 Å². The molecule has 1 aliphatic carbocycles. The van der Waals surface area contributed by atoms with Gasteiger partial charge in [0.05, 0.1) is 11.4 Å². The average Bonchev–Trinajstić information content (AvgIpc) is 2.84. The van der Waals surface area contributed by atoms with Gasteiger partial charge in [0, 0.05) is 21.9 Å². The zero-order valence-corrected chi connectivity index (χ0v) is 11.5. The van der Waals surface area contributed by atoms with Gasteiger partial charge in [0.15, 0.2) is 11.4 Å². The van der Waals surface area contributed by atoms with Crippen molar-refractivity contribution in [1.29, 1.82) is 10.5 Å². The fourth-order valence-electron chi connectivity index (χ4n) is 2.98. The predicted molar refractivity (Wildman–Crippen MR) is 78.1 cm³/mol. The van der Waals surface area contributed by atoms with Crippen molar-refractivity contribution >= 4 is 10.8 Å². The molecule has 1 aromatic heterocycles. The van der Waals surface area contributed by atoms with Crippen molar-refractivity contribution < 1.29 is 4.39 Å². The average molecular weight is 286 g/mol. The van der Waals surface area contributed by atoms with E-state index in [9.17, 15) is 4.39 Å². The maximum absolute atomic E-state index is 14.2. The summed E-state index contributed by atoms with van der Waals surface area (Å²) >= 11 is 0. The Kier molecular flexibility index (Phi) is 2.31. The second-order valence-electron chi connectivity index (χ2n) is 5.12. The molecule has 0 bridgehead atoms. The van der Waals surface area contributed by atoms with Crippen LogP contribution in [0.3, 0.4) is 0 Å². The zero-order valence-electron chi connectivity index (χ0n) is 11.5. The van der Waals surface area contributed by atoms with E-state index in [0.717, 1.165) is 22.1 Å². The Hall–Kier alpha value is -3.31. The van der Waals surface area contributed by atoms with E-state index in [1.165, 1.54) is 6.07 Å². The van der Waals surface area contributed by atoms with E-state index in [0.29, 0.717) is 16.8 Å². The maximum atomic E-state index is 14.2. The van der Waals surface area contributed by atoms with Crippen LogP contribution < -0.4 is 0 Å². The second-order valence-corrected chi connectivity index (χ2v) is 5.12. The molecule has 0 saturated heterocycles. The van der Waals surface area contributed by atoms with E-state index in [1.807, 2.05) is 31.2 Å². The van der Waals surface area contributed by atoms with Crippen LogP contribution in [0.4, 0.5) is 4.39 Å². The number of fused-ring (bicyclic) bond motifs is 3. The summed E-state index contributed by atoms with van der Waals surface area (Å²) in [5.41, 5.74) is 3.36. The van der Waals surface area contributed by atoms with Crippen LogP contribution in [0.25, 0.3) is 33.3 Å². The van der Waals surface area contributed by atoms with Crippen molar-refractivity contribution in [3.63, 3.8) is 0 Å². The highest BCUT2D eigenvalue weighted by atomic mass is 19.1. The quantitative estimate of drug-likeness (QED) is 0.496. The third kappa shape index (κ3) is 1.37. The minimum atomic E-state index is -0.299. The molecule has 3 aromatic rings. The summed E-state index contributed by atoms with van der Waals surface area (Å²) in [7, 11) is 0. The van der Waals surface area contributed by atoms with Gasteiger partial charge in [-0.15, -0.1) is 0 Å². The molecule has 0 radical (unpaired) electrons. The molecular weight excluding hydrogens is 279 g/mol. The highest BCUT2D eigenvalue weighted by molar-refractivity contribution is 6.14. The highest BCUT2D eigenvalue weighted by Crippen LogP contribution is 2.46. The van der Waals surface area contributed by atoms with Crippen LogP contribution in [-0.2, 0) is 0 Å². The van der Waals surface area contributed by atoms with E-state index < -0.39 is 0 Å². The molecule has 22 heavy (non-hydrogen) atoms. The minimum Gasteiger partial charge on any atom is -0.232 e. The van der Waals surface area contributed by atoms with E-state index in [-0.39, 0.29) is 17.2 Å². The second kappa shape index (κ2) is 4.09. The standard InChI is InChI=1S/C17H7FN4/c1-8-2-3-9-15-10(4-5-11(18)14(8)15)17-16(9)21-12(6-19)13(7-20)22-17/h2-5H,1H3. The monoisotopic (exact) mass is 286 g/mol. The lowest BCUT2D eigenvalue weighted by molar-refractivity contribution is 0.639. The van der Waals surface area contributed by atoms with Crippen LogP contribution in [0.15, 0.2) is 24.3 Å². The maximum Gasteiger partial charge on any atom is 0.177 e. The van der Waals surface area contributed by atoms with Gasteiger partial charge in [-0.2, -0.15) is 10.5 Å². The van der Waals surface area contributed by atoms with Crippen LogP contribution in [-0.4, -0.2) is 9.97 Å². The number of halogens is 1. The van der Waals surface area contributed by atoms with Gasteiger partial charge in [-0.05, 0) is 24.6 Å². The number of hydrogen-bond acceptors (Lipinski definition) is 4. The fraction of sp³-hybridized carbons (Fsp3) is 0.0588. The number of benzene rings is 2. The molecule has 1 heterocycles. The molecule has 1 aliphatic rings. The molecule has 0 saturated carbocycles. The molecule has 0 N–H and O–H groups in total. The Labute approximate surface area is 125 Å².